The molecule has 1 rings (SSSR count). The van der Waals surface area contributed by atoms with E-state index in [0.29, 0.717) is 11.7 Å². The Bertz CT molecular complexity index is 207. The summed E-state index contributed by atoms with van der Waals surface area (Å²) in [6, 6.07) is 0. The summed E-state index contributed by atoms with van der Waals surface area (Å²) in [6.45, 7) is 2.33. The Morgan fingerprint density at radius 2 is 2.67 bits per heavy atom. The molecule has 6 heteroatoms. The zero-order valence-electron chi connectivity index (χ0n) is 6.86. The molecule has 0 aliphatic carbocycles. The van der Waals surface area contributed by atoms with Gasteiger partial charge in [-0.3, -0.25) is 4.84 Å². The zero-order valence-corrected chi connectivity index (χ0v) is 7.68. The van der Waals surface area contributed by atoms with E-state index < -0.39 is 6.09 Å². The molecule has 1 saturated heterocycles. The summed E-state index contributed by atoms with van der Waals surface area (Å²) in [6.07, 6.45) is -0.567. The highest BCUT2D eigenvalue weighted by Gasteiger charge is 2.18. The van der Waals surface area contributed by atoms with Gasteiger partial charge in [-0.25, -0.2) is 4.79 Å². The minimum atomic E-state index is -0.567. The molecule has 1 unspecified atom stereocenters. The first kappa shape index (κ1) is 9.34. The molecule has 68 valence electrons. The Morgan fingerprint density at radius 3 is 3.17 bits per heavy atom. The molecular weight excluding hydrogens is 180 g/mol. The second-order valence-corrected chi connectivity index (χ2v) is 3.48. The van der Waals surface area contributed by atoms with E-state index in [9.17, 15) is 4.79 Å². The van der Waals surface area contributed by atoms with Crippen LogP contribution in [0.15, 0.2) is 5.16 Å². The molecule has 12 heavy (non-hydrogen) atoms. The van der Waals surface area contributed by atoms with Gasteiger partial charge in [-0.1, -0.05) is 16.9 Å². The first-order valence-electron chi connectivity index (χ1n) is 3.46. The van der Waals surface area contributed by atoms with Crippen molar-refractivity contribution in [3.63, 3.8) is 0 Å². The molecular formula is C6H10N2O3S. The van der Waals surface area contributed by atoms with E-state index in [-0.39, 0.29) is 5.44 Å². The van der Waals surface area contributed by atoms with Crippen LogP contribution in [0.2, 0.25) is 0 Å². The van der Waals surface area contributed by atoms with Gasteiger partial charge >= 0.3 is 6.09 Å². The quantitative estimate of drug-likeness (QED) is 0.490. The summed E-state index contributed by atoms with van der Waals surface area (Å²) in [5, 5.41) is 6.55. The minimum Gasteiger partial charge on any atom is -0.360 e. The third-order valence-electron chi connectivity index (χ3n) is 1.18. The van der Waals surface area contributed by atoms with Gasteiger partial charge in [0.05, 0.1) is 6.61 Å². The van der Waals surface area contributed by atoms with Crippen LogP contribution in [-0.4, -0.2) is 30.2 Å². The summed E-state index contributed by atoms with van der Waals surface area (Å²) in [4.78, 5) is 15.0. The van der Waals surface area contributed by atoms with Crippen molar-refractivity contribution in [3.05, 3.63) is 0 Å². The fourth-order valence-electron chi connectivity index (χ4n) is 0.634. The largest absolute Gasteiger partial charge is 0.433 e. The second kappa shape index (κ2) is 4.32. The highest BCUT2D eigenvalue weighted by molar-refractivity contribution is 8.14. The maximum Gasteiger partial charge on any atom is 0.433 e. The van der Waals surface area contributed by atoms with Crippen molar-refractivity contribution >= 4 is 22.9 Å². The van der Waals surface area contributed by atoms with Crippen LogP contribution in [0, 0.1) is 0 Å². The lowest BCUT2D eigenvalue weighted by Crippen LogP contribution is -2.17. The molecule has 5 nitrogen and oxygen atoms in total. The molecule has 1 aliphatic heterocycles. The van der Waals surface area contributed by atoms with Gasteiger partial charge in [0.25, 0.3) is 0 Å². The predicted molar refractivity (Wildman–Crippen MR) is 46.0 cm³/mol. The number of carbonyl (C=O) groups is 1. The van der Waals surface area contributed by atoms with Crippen LogP contribution in [0.25, 0.3) is 0 Å². The van der Waals surface area contributed by atoms with Gasteiger partial charge in [0.15, 0.2) is 0 Å². The fourth-order valence-corrected chi connectivity index (χ4v) is 1.37. The Morgan fingerprint density at radius 1 is 1.92 bits per heavy atom. The SMILES string of the molecule is CNC(=O)O/N=C1\COC(C)S1. The van der Waals surface area contributed by atoms with Gasteiger partial charge in [0.1, 0.15) is 10.5 Å². The zero-order chi connectivity index (χ0) is 8.97. The molecule has 1 aliphatic rings. The Kier molecular flexibility index (Phi) is 3.36. The lowest BCUT2D eigenvalue weighted by molar-refractivity contribution is 0.149. The highest BCUT2D eigenvalue weighted by atomic mass is 32.2. The molecule has 0 bridgehead atoms. The van der Waals surface area contributed by atoms with Crippen molar-refractivity contribution in [1.29, 1.82) is 0 Å². The van der Waals surface area contributed by atoms with Crippen molar-refractivity contribution in [3.8, 4) is 0 Å². The van der Waals surface area contributed by atoms with E-state index in [0.717, 1.165) is 0 Å². The summed E-state index contributed by atoms with van der Waals surface area (Å²) in [5.74, 6) is 0. The van der Waals surface area contributed by atoms with Crippen LogP contribution >= 0.6 is 11.8 Å². The van der Waals surface area contributed by atoms with Crippen molar-refractivity contribution in [2.45, 2.75) is 12.4 Å². The van der Waals surface area contributed by atoms with Crippen LogP contribution in [0.4, 0.5) is 4.79 Å². The van der Waals surface area contributed by atoms with E-state index in [2.05, 4.69) is 15.3 Å². The molecule has 1 N–H and O–H groups in total. The number of nitrogens with zero attached hydrogens (tertiary/aromatic N) is 1. The number of carbonyl (C=O) groups excluding carboxylic acids is 1. The van der Waals surface area contributed by atoms with Crippen molar-refractivity contribution in [2.24, 2.45) is 5.16 Å². The predicted octanol–water partition coefficient (Wildman–Crippen LogP) is 0.765. The molecule has 1 heterocycles. The number of rotatable bonds is 1. The normalized spacial score (nSPS) is 25.8. The van der Waals surface area contributed by atoms with Crippen LogP contribution < -0.4 is 5.32 Å². The first-order chi connectivity index (χ1) is 5.72. The Labute approximate surface area is 74.5 Å². The number of hydrogen-bond acceptors (Lipinski definition) is 5. The average Bonchev–Trinajstić information content (AvgIpc) is 2.47. The molecule has 0 saturated carbocycles. The van der Waals surface area contributed by atoms with E-state index in [1.165, 1.54) is 18.8 Å². The van der Waals surface area contributed by atoms with Crippen LogP contribution in [0.3, 0.4) is 0 Å². The molecule has 0 aromatic rings. The van der Waals surface area contributed by atoms with Crippen molar-refractivity contribution in [1.82, 2.24) is 5.32 Å². The van der Waals surface area contributed by atoms with Gasteiger partial charge in [-0.05, 0) is 6.92 Å². The molecule has 0 aromatic carbocycles. The number of thioether (sulfide) groups is 1. The lowest BCUT2D eigenvalue weighted by atomic mass is 10.8. The number of hydrogen-bond donors (Lipinski definition) is 1. The van der Waals surface area contributed by atoms with E-state index >= 15 is 0 Å². The minimum absolute atomic E-state index is 0.0945. The van der Waals surface area contributed by atoms with Crippen LogP contribution in [0.5, 0.6) is 0 Å². The topological polar surface area (TPSA) is 59.9 Å². The Hall–Kier alpha value is -0.750. The molecule has 1 atom stereocenters. The van der Waals surface area contributed by atoms with Gasteiger partial charge in [-0.2, -0.15) is 0 Å². The molecule has 0 radical (unpaired) electrons. The molecule has 0 aromatic heterocycles. The van der Waals surface area contributed by atoms with E-state index in [1.54, 1.807) is 0 Å². The second-order valence-electron chi connectivity index (χ2n) is 2.11. The number of oxime groups is 1. The third kappa shape index (κ3) is 2.71. The third-order valence-corrected chi connectivity index (χ3v) is 2.11. The van der Waals surface area contributed by atoms with Crippen LogP contribution in [0.1, 0.15) is 6.92 Å². The van der Waals surface area contributed by atoms with Gasteiger partial charge in [-0.15, -0.1) is 0 Å². The maximum atomic E-state index is 10.6. The smallest absolute Gasteiger partial charge is 0.360 e. The molecule has 1 amide bonds. The van der Waals surface area contributed by atoms with Gasteiger partial charge < -0.3 is 10.1 Å². The number of ether oxygens (including phenoxy) is 1. The van der Waals surface area contributed by atoms with Crippen LogP contribution in [-0.2, 0) is 9.57 Å². The monoisotopic (exact) mass is 190 g/mol. The summed E-state index contributed by atoms with van der Waals surface area (Å²) in [5.41, 5.74) is 0.0945. The van der Waals surface area contributed by atoms with Gasteiger partial charge in [0.2, 0.25) is 0 Å². The van der Waals surface area contributed by atoms with Gasteiger partial charge in [0, 0.05) is 7.05 Å². The van der Waals surface area contributed by atoms with Crippen molar-refractivity contribution < 1.29 is 14.4 Å². The number of amides is 1. The molecule has 1 fully saturated rings. The van der Waals surface area contributed by atoms with Crippen molar-refractivity contribution in [2.75, 3.05) is 13.7 Å². The Balaban J connectivity index is 2.33. The maximum absolute atomic E-state index is 10.6. The lowest BCUT2D eigenvalue weighted by Gasteiger charge is -1.95. The highest BCUT2D eigenvalue weighted by Crippen LogP contribution is 2.21. The standard InChI is InChI=1S/C6H10N2O3S/c1-4-10-3-5(12-4)8-11-6(9)7-2/h4H,3H2,1-2H3,(H,7,9)/b8-5+. The average molecular weight is 190 g/mol. The fraction of sp³-hybridized carbons (Fsp3) is 0.667. The van der Waals surface area contributed by atoms with E-state index in [4.69, 9.17) is 4.74 Å². The molecule has 0 spiro atoms. The number of nitrogens with one attached hydrogen (secondary N) is 1. The van der Waals surface area contributed by atoms with E-state index in [1.807, 2.05) is 6.92 Å². The summed E-state index contributed by atoms with van der Waals surface area (Å²) < 4.78 is 5.15. The summed E-state index contributed by atoms with van der Waals surface area (Å²) in [7, 11) is 1.48. The summed E-state index contributed by atoms with van der Waals surface area (Å²) >= 11 is 1.44. The first-order valence-corrected chi connectivity index (χ1v) is 4.34.